The molecule has 0 N–H and O–H groups in total. The zero-order valence-electron chi connectivity index (χ0n) is 5.44. The molecule has 0 amide bonds. The summed E-state index contributed by atoms with van der Waals surface area (Å²) in [6, 6.07) is 0. The lowest BCUT2D eigenvalue weighted by Gasteiger charge is -1.90. The molecule has 0 aliphatic heterocycles. The first kappa shape index (κ1) is 6.80. The summed E-state index contributed by atoms with van der Waals surface area (Å²) in [5.74, 6) is 3.01. The summed E-state index contributed by atoms with van der Waals surface area (Å²) in [5, 5.41) is 0. The highest BCUT2D eigenvalue weighted by Gasteiger charge is 1.87. The van der Waals surface area contributed by atoms with E-state index < -0.39 is 0 Å². The van der Waals surface area contributed by atoms with E-state index in [9.17, 15) is 0 Å². The van der Waals surface area contributed by atoms with Crippen LogP contribution in [0.4, 0.5) is 0 Å². The van der Waals surface area contributed by atoms with Gasteiger partial charge in [-0.3, -0.25) is 0 Å². The monoisotopic (exact) mass is 96.1 g/mol. The van der Waals surface area contributed by atoms with Gasteiger partial charge < -0.3 is 0 Å². The zero-order valence-corrected chi connectivity index (χ0v) is 5.44. The molecule has 0 spiro atoms. The van der Waals surface area contributed by atoms with Crippen LogP contribution in [0.25, 0.3) is 0 Å². The van der Waals surface area contributed by atoms with E-state index in [0.29, 0.717) is 0 Å². The number of hydrogen-bond donors (Lipinski definition) is 0. The van der Waals surface area contributed by atoms with Gasteiger partial charge in [-0.15, -0.1) is 12.1 Å². The largest absolute Gasteiger partial charge is 0.150 e. The van der Waals surface area contributed by atoms with E-state index >= 15 is 0 Å². The summed E-state index contributed by atoms with van der Waals surface area (Å²) in [6.45, 7) is 6.50. The second-order valence-electron chi connectivity index (χ2n) is 2.20. The minimum Gasteiger partial charge on any atom is -0.123 e. The summed E-state index contributed by atoms with van der Waals surface area (Å²) >= 11 is 0. The molecular formula is C6H13B. The molecule has 0 aromatic carbocycles. The Labute approximate surface area is 46.9 Å². The minimum absolute atomic E-state index is 0.816. The highest BCUT2D eigenvalue weighted by atomic mass is 13.7. The molecule has 0 aliphatic carbocycles. The number of hydrogen-bond acceptors (Lipinski definition) is 0. The highest BCUT2D eigenvalue weighted by molar-refractivity contribution is 6.43. The van der Waals surface area contributed by atoms with Gasteiger partial charge in [-0.1, -0.05) is 19.7 Å². The Morgan fingerprint density at radius 1 is 1.43 bits per heavy atom. The summed E-state index contributed by atoms with van der Waals surface area (Å²) in [4.78, 5) is 0. The van der Waals surface area contributed by atoms with Crippen molar-refractivity contribution in [3.8, 4) is 0 Å². The van der Waals surface area contributed by atoms with Gasteiger partial charge in [0, 0.05) is 0 Å². The van der Waals surface area contributed by atoms with E-state index in [1.807, 2.05) is 0 Å². The van der Waals surface area contributed by atoms with E-state index in [0.717, 1.165) is 5.82 Å². The average Bonchev–Trinajstić information content (AvgIpc) is 1.61. The quantitative estimate of drug-likeness (QED) is 0.459. The van der Waals surface area contributed by atoms with E-state index in [1.165, 1.54) is 7.28 Å². The molecule has 0 aliphatic rings. The van der Waals surface area contributed by atoms with Crippen LogP contribution in [-0.2, 0) is 0 Å². The summed E-state index contributed by atoms with van der Waals surface area (Å²) in [7, 11) is 1.22. The third kappa shape index (κ3) is 5.80. The molecule has 0 rings (SSSR count). The van der Waals surface area contributed by atoms with Crippen molar-refractivity contribution in [2.24, 2.45) is 0 Å². The van der Waals surface area contributed by atoms with Crippen molar-refractivity contribution in [1.29, 1.82) is 0 Å². The van der Waals surface area contributed by atoms with Crippen molar-refractivity contribution in [3.63, 3.8) is 0 Å². The van der Waals surface area contributed by atoms with Gasteiger partial charge in [-0.2, -0.15) is 0 Å². The summed E-state index contributed by atoms with van der Waals surface area (Å²) < 4.78 is 0. The van der Waals surface area contributed by atoms with Gasteiger partial charge in [0.1, 0.15) is 7.28 Å². The smallest absolute Gasteiger partial charge is 0.123 e. The Morgan fingerprint density at radius 2 is 2.00 bits per heavy atom. The van der Waals surface area contributed by atoms with Crippen molar-refractivity contribution in [1.82, 2.24) is 0 Å². The molecule has 0 bridgehead atoms. The second kappa shape index (κ2) is 3.98. The highest BCUT2D eigenvalue weighted by Crippen LogP contribution is 1.95. The fraction of sp³-hybridized carbons (Fsp3) is 0.667. The predicted octanol–water partition coefficient (Wildman–Crippen LogP) is 1.78. The SMILES string of the molecule is C/C=C\BC(C)C. The van der Waals surface area contributed by atoms with E-state index in [4.69, 9.17) is 0 Å². The molecule has 0 heterocycles. The minimum atomic E-state index is 0.816. The molecular weight excluding hydrogens is 82.9 g/mol. The number of allylic oxidation sites excluding steroid dienone is 1. The lowest BCUT2D eigenvalue weighted by atomic mass is 9.66. The molecule has 7 heavy (non-hydrogen) atoms. The Kier molecular flexibility index (Phi) is 3.87. The molecule has 0 unspecified atom stereocenters. The Balaban J connectivity index is 2.97. The van der Waals surface area contributed by atoms with Crippen molar-refractivity contribution in [2.45, 2.75) is 26.6 Å². The molecule has 1 heteroatoms. The van der Waals surface area contributed by atoms with Crippen LogP contribution in [0.3, 0.4) is 0 Å². The third-order valence-corrected chi connectivity index (χ3v) is 0.843. The molecule has 40 valence electrons. The van der Waals surface area contributed by atoms with E-state index in [1.54, 1.807) is 0 Å². The Bertz CT molecular complexity index is 55.2. The molecule has 0 saturated heterocycles. The van der Waals surface area contributed by atoms with Crippen molar-refractivity contribution in [3.05, 3.63) is 12.1 Å². The maximum atomic E-state index is 2.22. The fourth-order valence-corrected chi connectivity index (χ4v) is 0.408. The van der Waals surface area contributed by atoms with Crippen LogP contribution in [0.1, 0.15) is 20.8 Å². The van der Waals surface area contributed by atoms with Crippen molar-refractivity contribution in [2.75, 3.05) is 0 Å². The number of rotatable bonds is 2. The molecule has 0 nitrogen and oxygen atoms in total. The summed E-state index contributed by atoms with van der Waals surface area (Å²) in [5.41, 5.74) is 0. The van der Waals surface area contributed by atoms with Gasteiger partial charge >= 0.3 is 0 Å². The lowest BCUT2D eigenvalue weighted by molar-refractivity contribution is 1.07. The first-order chi connectivity index (χ1) is 3.27. The molecule has 0 aromatic heterocycles. The zero-order chi connectivity index (χ0) is 5.70. The van der Waals surface area contributed by atoms with Gasteiger partial charge in [0.2, 0.25) is 0 Å². The fourth-order valence-electron chi connectivity index (χ4n) is 0.408. The van der Waals surface area contributed by atoms with Crippen molar-refractivity contribution >= 4 is 7.28 Å². The molecule has 0 aromatic rings. The third-order valence-electron chi connectivity index (χ3n) is 0.843. The van der Waals surface area contributed by atoms with Gasteiger partial charge in [0.25, 0.3) is 0 Å². The average molecular weight is 96.0 g/mol. The molecule has 0 saturated carbocycles. The Morgan fingerprint density at radius 3 is 2.14 bits per heavy atom. The van der Waals surface area contributed by atoms with Crippen molar-refractivity contribution < 1.29 is 0 Å². The van der Waals surface area contributed by atoms with Gasteiger partial charge in [-0.05, 0) is 6.92 Å². The molecule has 0 fully saturated rings. The van der Waals surface area contributed by atoms with Gasteiger partial charge in [0.15, 0.2) is 0 Å². The van der Waals surface area contributed by atoms with Crippen LogP contribution in [0.2, 0.25) is 5.82 Å². The molecule has 0 atom stereocenters. The topological polar surface area (TPSA) is 0 Å². The van der Waals surface area contributed by atoms with Crippen LogP contribution in [0.15, 0.2) is 12.1 Å². The maximum absolute atomic E-state index is 2.22. The van der Waals surface area contributed by atoms with Crippen LogP contribution >= 0.6 is 0 Å². The first-order valence-electron chi connectivity index (χ1n) is 2.88. The lowest BCUT2D eigenvalue weighted by Crippen LogP contribution is -1.87. The first-order valence-corrected chi connectivity index (χ1v) is 2.88. The van der Waals surface area contributed by atoms with Crippen LogP contribution in [0, 0.1) is 0 Å². The standard InChI is InChI=1S/C6H13B/c1-4-5-7-6(2)3/h4-7H,1-3H3/b5-4-. The maximum Gasteiger partial charge on any atom is 0.150 e. The van der Waals surface area contributed by atoms with E-state index in [-0.39, 0.29) is 0 Å². The second-order valence-corrected chi connectivity index (χ2v) is 2.20. The predicted molar refractivity (Wildman–Crippen MR) is 37.1 cm³/mol. The molecule has 0 radical (unpaired) electrons. The van der Waals surface area contributed by atoms with Crippen LogP contribution in [-0.4, -0.2) is 7.28 Å². The van der Waals surface area contributed by atoms with Gasteiger partial charge in [0.05, 0.1) is 0 Å². The van der Waals surface area contributed by atoms with Crippen LogP contribution < -0.4 is 0 Å². The summed E-state index contributed by atoms with van der Waals surface area (Å²) in [6.07, 6.45) is 2.10. The normalized spacial score (nSPS) is 10.9. The Hall–Kier alpha value is -0.195. The van der Waals surface area contributed by atoms with Gasteiger partial charge in [-0.25, -0.2) is 0 Å². The van der Waals surface area contributed by atoms with E-state index in [2.05, 4.69) is 32.8 Å². The van der Waals surface area contributed by atoms with Crippen LogP contribution in [0.5, 0.6) is 0 Å².